The van der Waals surface area contributed by atoms with Crippen LogP contribution in [0.4, 0.5) is 0 Å². The van der Waals surface area contributed by atoms with Gasteiger partial charge in [-0.05, 0) is 37.0 Å². The number of aryl methyl sites for hydroxylation is 3. The molecule has 1 atom stereocenters. The summed E-state index contributed by atoms with van der Waals surface area (Å²) in [6.07, 6.45) is 2.88. The molecule has 0 saturated heterocycles. The first kappa shape index (κ1) is 14.8. The molecule has 1 aromatic carbocycles. The van der Waals surface area contributed by atoms with Gasteiger partial charge in [0.05, 0.1) is 5.69 Å². The summed E-state index contributed by atoms with van der Waals surface area (Å²) in [5.74, 6) is 0. The normalized spacial score (nSPS) is 12.6. The molecule has 0 amide bonds. The summed E-state index contributed by atoms with van der Waals surface area (Å²) in [5.41, 5.74) is 11.3. The zero-order valence-electron chi connectivity index (χ0n) is 12.8. The van der Waals surface area contributed by atoms with Gasteiger partial charge in [0.1, 0.15) is 0 Å². The second kappa shape index (κ2) is 6.71. The molecule has 108 valence electrons. The summed E-state index contributed by atoms with van der Waals surface area (Å²) in [7, 11) is 0. The minimum Gasteiger partial charge on any atom is -0.324 e. The Hall–Kier alpha value is -1.61. The van der Waals surface area contributed by atoms with Crippen molar-refractivity contribution in [2.75, 3.05) is 0 Å². The summed E-state index contributed by atoms with van der Waals surface area (Å²) >= 11 is 0. The van der Waals surface area contributed by atoms with Crippen LogP contribution in [0.1, 0.15) is 49.3 Å². The zero-order valence-corrected chi connectivity index (χ0v) is 12.8. The third-order valence-corrected chi connectivity index (χ3v) is 3.82. The lowest BCUT2D eigenvalue weighted by molar-refractivity contribution is 0.585. The maximum absolute atomic E-state index is 6.35. The number of nitrogens with two attached hydrogens (primary N) is 1. The summed E-state index contributed by atoms with van der Waals surface area (Å²) in [6.45, 7) is 7.32. The third kappa shape index (κ3) is 3.28. The van der Waals surface area contributed by atoms with Crippen LogP contribution in [0.2, 0.25) is 0 Å². The summed E-state index contributed by atoms with van der Waals surface area (Å²) in [6, 6.07) is 10.9. The van der Waals surface area contributed by atoms with E-state index in [-0.39, 0.29) is 6.04 Å². The Balaban J connectivity index is 2.13. The molecule has 0 saturated carbocycles. The van der Waals surface area contributed by atoms with Gasteiger partial charge in [0.2, 0.25) is 0 Å². The molecule has 2 aromatic rings. The molecule has 1 unspecified atom stereocenters. The molecule has 3 heteroatoms. The summed E-state index contributed by atoms with van der Waals surface area (Å²) < 4.78 is 2.07. The fourth-order valence-corrected chi connectivity index (χ4v) is 2.47. The molecule has 1 aromatic heterocycles. The molecule has 0 aliphatic heterocycles. The van der Waals surface area contributed by atoms with Crippen molar-refractivity contribution in [1.29, 1.82) is 0 Å². The van der Waals surface area contributed by atoms with Gasteiger partial charge in [-0.15, -0.1) is 0 Å². The highest BCUT2D eigenvalue weighted by molar-refractivity contribution is 5.26. The van der Waals surface area contributed by atoms with Gasteiger partial charge in [0.25, 0.3) is 0 Å². The Labute approximate surface area is 121 Å². The lowest BCUT2D eigenvalue weighted by Gasteiger charge is -2.13. The van der Waals surface area contributed by atoms with Crippen LogP contribution >= 0.6 is 0 Å². The molecule has 2 rings (SSSR count). The van der Waals surface area contributed by atoms with Crippen LogP contribution in [0.15, 0.2) is 30.3 Å². The lowest BCUT2D eigenvalue weighted by Crippen LogP contribution is -2.16. The largest absolute Gasteiger partial charge is 0.324 e. The second-order valence-electron chi connectivity index (χ2n) is 5.20. The van der Waals surface area contributed by atoms with Crippen LogP contribution < -0.4 is 5.73 Å². The van der Waals surface area contributed by atoms with E-state index < -0.39 is 0 Å². The minimum absolute atomic E-state index is 0.0348. The van der Waals surface area contributed by atoms with E-state index in [0.717, 1.165) is 31.5 Å². The number of hydrogen-bond donors (Lipinski definition) is 1. The maximum Gasteiger partial charge on any atom is 0.0624 e. The van der Waals surface area contributed by atoms with Crippen LogP contribution in [-0.4, -0.2) is 9.78 Å². The monoisotopic (exact) mass is 271 g/mol. The van der Waals surface area contributed by atoms with E-state index in [4.69, 9.17) is 5.73 Å². The fraction of sp³-hybridized carbons (Fsp3) is 0.471. The number of hydrogen-bond acceptors (Lipinski definition) is 2. The molecule has 0 aliphatic rings. The molecule has 0 radical (unpaired) electrons. The van der Waals surface area contributed by atoms with Crippen molar-refractivity contribution in [2.24, 2.45) is 5.73 Å². The Bertz CT molecular complexity index is 540. The molecular weight excluding hydrogens is 246 g/mol. The first-order chi connectivity index (χ1) is 9.67. The zero-order chi connectivity index (χ0) is 14.5. The highest BCUT2D eigenvalue weighted by Gasteiger charge is 2.12. The Kier molecular flexibility index (Phi) is 4.96. The van der Waals surface area contributed by atoms with Crippen LogP contribution in [0.3, 0.4) is 0 Å². The first-order valence-corrected chi connectivity index (χ1v) is 7.57. The van der Waals surface area contributed by atoms with Gasteiger partial charge >= 0.3 is 0 Å². The second-order valence-corrected chi connectivity index (χ2v) is 5.20. The number of rotatable bonds is 6. The molecule has 20 heavy (non-hydrogen) atoms. The van der Waals surface area contributed by atoms with E-state index in [9.17, 15) is 0 Å². The molecule has 0 fully saturated rings. The van der Waals surface area contributed by atoms with E-state index in [1.165, 1.54) is 16.8 Å². The average Bonchev–Trinajstić information content (AvgIpc) is 2.89. The van der Waals surface area contributed by atoms with Gasteiger partial charge in [-0.25, -0.2) is 0 Å². The molecular formula is C17H25N3. The van der Waals surface area contributed by atoms with Crippen molar-refractivity contribution in [3.8, 4) is 0 Å². The standard InChI is InChI=1S/C17H25N3/c1-4-13-7-9-14(10-8-13)17(18)12-16-11-15(5-2)19-20(16)6-3/h7-11,17H,4-6,12,18H2,1-3H3. The van der Waals surface area contributed by atoms with Crippen molar-refractivity contribution < 1.29 is 0 Å². The van der Waals surface area contributed by atoms with Crippen molar-refractivity contribution in [3.63, 3.8) is 0 Å². The molecule has 3 nitrogen and oxygen atoms in total. The smallest absolute Gasteiger partial charge is 0.0624 e. The van der Waals surface area contributed by atoms with Gasteiger partial charge < -0.3 is 5.73 Å². The molecule has 0 aliphatic carbocycles. The minimum atomic E-state index is 0.0348. The molecule has 2 N–H and O–H groups in total. The van der Waals surface area contributed by atoms with Crippen LogP contribution in [0, 0.1) is 0 Å². The number of nitrogens with zero attached hydrogens (tertiary/aromatic N) is 2. The van der Waals surface area contributed by atoms with E-state index in [1.54, 1.807) is 0 Å². The van der Waals surface area contributed by atoms with Gasteiger partial charge in [-0.3, -0.25) is 4.68 Å². The van der Waals surface area contributed by atoms with Crippen LogP contribution in [0.25, 0.3) is 0 Å². The number of benzene rings is 1. The van der Waals surface area contributed by atoms with E-state index >= 15 is 0 Å². The predicted octanol–water partition coefficient (Wildman–Crippen LogP) is 3.27. The molecule has 0 spiro atoms. The predicted molar refractivity (Wildman–Crippen MR) is 83.7 cm³/mol. The Morgan fingerprint density at radius 2 is 1.80 bits per heavy atom. The highest BCUT2D eigenvalue weighted by Crippen LogP contribution is 2.18. The topological polar surface area (TPSA) is 43.8 Å². The van der Waals surface area contributed by atoms with Gasteiger partial charge in [-0.2, -0.15) is 5.10 Å². The van der Waals surface area contributed by atoms with Crippen molar-refractivity contribution >= 4 is 0 Å². The van der Waals surface area contributed by atoms with E-state index in [1.807, 2.05) is 0 Å². The van der Waals surface area contributed by atoms with Crippen molar-refractivity contribution in [3.05, 3.63) is 52.8 Å². The van der Waals surface area contributed by atoms with Gasteiger partial charge in [0.15, 0.2) is 0 Å². The van der Waals surface area contributed by atoms with Gasteiger partial charge in [-0.1, -0.05) is 38.1 Å². The first-order valence-electron chi connectivity index (χ1n) is 7.57. The van der Waals surface area contributed by atoms with E-state index in [0.29, 0.717) is 0 Å². The molecule has 1 heterocycles. The van der Waals surface area contributed by atoms with Crippen LogP contribution in [-0.2, 0) is 25.8 Å². The van der Waals surface area contributed by atoms with Crippen LogP contribution in [0.5, 0.6) is 0 Å². The average molecular weight is 271 g/mol. The Morgan fingerprint density at radius 1 is 1.10 bits per heavy atom. The van der Waals surface area contributed by atoms with Gasteiger partial charge in [0, 0.05) is 24.7 Å². The van der Waals surface area contributed by atoms with Crippen molar-refractivity contribution in [2.45, 2.75) is 52.6 Å². The van der Waals surface area contributed by atoms with E-state index in [2.05, 4.69) is 60.9 Å². The summed E-state index contributed by atoms with van der Waals surface area (Å²) in [4.78, 5) is 0. The summed E-state index contributed by atoms with van der Waals surface area (Å²) in [5, 5.41) is 4.58. The SMILES string of the molecule is CCc1ccc(C(N)Cc2cc(CC)nn2CC)cc1. The molecule has 0 bridgehead atoms. The lowest BCUT2D eigenvalue weighted by atomic mass is 10.0. The number of aromatic nitrogens is 2. The highest BCUT2D eigenvalue weighted by atomic mass is 15.3. The third-order valence-electron chi connectivity index (χ3n) is 3.82. The quantitative estimate of drug-likeness (QED) is 0.876. The van der Waals surface area contributed by atoms with Crippen molar-refractivity contribution in [1.82, 2.24) is 9.78 Å². The maximum atomic E-state index is 6.35. The fourth-order valence-electron chi connectivity index (χ4n) is 2.47. The Morgan fingerprint density at radius 3 is 2.35 bits per heavy atom.